The van der Waals surface area contributed by atoms with Gasteiger partial charge in [-0.1, -0.05) is 6.07 Å². The molecule has 0 aliphatic carbocycles. The van der Waals surface area contributed by atoms with Crippen molar-refractivity contribution in [2.75, 3.05) is 11.9 Å². The van der Waals surface area contributed by atoms with E-state index in [9.17, 15) is 4.79 Å². The maximum absolute atomic E-state index is 12.4. The molecular formula is C16H22N4O. The fraction of sp³-hybridized carbons (Fsp3) is 0.375. The van der Waals surface area contributed by atoms with E-state index in [4.69, 9.17) is 0 Å². The molecule has 0 saturated heterocycles. The standard InChI is InChI=1S/C16H22N4O/c1-4-17-15-10-12(2)6-7-14(15)16(21)19-13(3)11-20-9-5-8-18-20/h5-10,13,17H,4,11H2,1-3H3,(H,19,21). The molecule has 1 unspecified atom stereocenters. The average Bonchev–Trinajstić information content (AvgIpc) is 2.91. The second-order valence-corrected chi connectivity index (χ2v) is 5.18. The molecule has 2 N–H and O–H groups in total. The van der Waals surface area contributed by atoms with Crippen LogP contribution in [0.1, 0.15) is 29.8 Å². The molecule has 112 valence electrons. The van der Waals surface area contributed by atoms with Crippen molar-refractivity contribution in [2.24, 2.45) is 0 Å². The van der Waals surface area contributed by atoms with Crippen molar-refractivity contribution in [1.82, 2.24) is 15.1 Å². The highest BCUT2D eigenvalue weighted by Crippen LogP contribution is 2.17. The number of rotatable bonds is 6. The molecule has 0 aliphatic heterocycles. The van der Waals surface area contributed by atoms with Crippen LogP contribution in [0.4, 0.5) is 5.69 Å². The van der Waals surface area contributed by atoms with Gasteiger partial charge in [-0.3, -0.25) is 9.48 Å². The quantitative estimate of drug-likeness (QED) is 0.857. The summed E-state index contributed by atoms with van der Waals surface area (Å²) in [6.45, 7) is 7.45. The lowest BCUT2D eigenvalue weighted by Crippen LogP contribution is -2.36. The Morgan fingerprint density at radius 3 is 2.90 bits per heavy atom. The van der Waals surface area contributed by atoms with Crippen LogP contribution in [0.3, 0.4) is 0 Å². The van der Waals surface area contributed by atoms with Crippen LogP contribution in [-0.2, 0) is 6.54 Å². The number of hydrogen-bond acceptors (Lipinski definition) is 3. The third-order valence-corrected chi connectivity index (χ3v) is 3.18. The largest absolute Gasteiger partial charge is 0.385 e. The number of amides is 1. The lowest BCUT2D eigenvalue weighted by Gasteiger charge is -2.16. The van der Waals surface area contributed by atoms with E-state index in [0.717, 1.165) is 17.8 Å². The van der Waals surface area contributed by atoms with Crippen molar-refractivity contribution < 1.29 is 4.79 Å². The summed E-state index contributed by atoms with van der Waals surface area (Å²) >= 11 is 0. The Balaban J connectivity index is 2.05. The summed E-state index contributed by atoms with van der Waals surface area (Å²) in [4.78, 5) is 12.4. The first-order chi connectivity index (χ1) is 10.1. The first-order valence-corrected chi connectivity index (χ1v) is 7.23. The molecule has 0 radical (unpaired) electrons. The highest BCUT2D eigenvalue weighted by molar-refractivity contribution is 5.99. The predicted octanol–water partition coefficient (Wildman–Crippen LogP) is 2.44. The van der Waals surface area contributed by atoms with E-state index in [-0.39, 0.29) is 11.9 Å². The number of anilines is 1. The van der Waals surface area contributed by atoms with Gasteiger partial charge in [-0.05, 0) is 44.5 Å². The van der Waals surface area contributed by atoms with Gasteiger partial charge in [0.1, 0.15) is 0 Å². The zero-order valence-corrected chi connectivity index (χ0v) is 12.8. The van der Waals surface area contributed by atoms with Gasteiger partial charge in [0.2, 0.25) is 0 Å². The van der Waals surface area contributed by atoms with Gasteiger partial charge >= 0.3 is 0 Å². The van der Waals surface area contributed by atoms with E-state index in [1.807, 2.05) is 55.9 Å². The summed E-state index contributed by atoms with van der Waals surface area (Å²) in [6, 6.07) is 7.69. The Labute approximate surface area is 125 Å². The Bertz CT molecular complexity index is 592. The van der Waals surface area contributed by atoms with Gasteiger partial charge in [0.25, 0.3) is 5.91 Å². The maximum atomic E-state index is 12.4. The molecule has 1 atom stereocenters. The summed E-state index contributed by atoms with van der Waals surface area (Å²) in [5.74, 6) is -0.0643. The van der Waals surface area contributed by atoms with Crippen molar-refractivity contribution in [3.63, 3.8) is 0 Å². The van der Waals surface area contributed by atoms with Crippen LogP contribution < -0.4 is 10.6 Å². The van der Waals surface area contributed by atoms with Crippen LogP contribution in [0.2, 0.25) is 0 Å². The zero-order chi connectivity index (χ0) is 15.2. The fourth-order valence-electron chi connectivity index (χ4n) is 2.23. The summed E-state index contributed by atoms with van der Waals surface area (Å²) in [7, 11) is 0. The highest BCUT2D eigenvalue weighted by atomic mass is 16.1. The van der Waals surface area contributed by atoms with Crippen molar-refractivity contribution >= 4 is 11.6 Å². The minimum absolute atomic E-state index is 0.00757. The first kappa shape index (κ1) is 15.1. The van der Waals surface area contributed by atoms with Gasteiger partial charge in [-0.15, -0.1) is 0 Å². The van der Waals surface area contributed by atoms with E-state index in [1.165, 1.54) is 0 Å². The second kappa shape index (κ2) is 6.92. The number of nitrogens with one attached hydrogen (secondary N) is 2. The van der Waals surface area contributed by atoms with Gasteiger partial charge in [-0.25, -0.2) is 0 Å². The highest BCUT2D eigenvalue weighted by Gasteiger charge is 2.14. The van der Waals surface area contributed by atoms with Crippen LogP contribution in [-0.4, -0.2) is 28.3 Å². The molecular weight excluding hydrogens is 264 g/mol. The van der Waals surface area contributed by atoms with Gasteiger partial charge in [-0.2, -0.15) is 5.10 Å². The van der Waals surface area contributed by atoms with Gasteiger partial charge in [0, 0.05) is 30.7 Å². The summed E-state index contributed by atoms with van der Waals surface area (Å²) in [5.41, 5.74) is 2.68. The molecule has 1 heterocycles. The molecule has 0 bridgehead atoms. The number of hydrogen-bond donors (Lipinski definition) is 2. The molecule has 0 saturated carbocycles. The number of benzene rings is 1. The van der Waals surface area contributed by atoms with Gasteiger partial charge < -0.3 is 10.6 Å². The fourth-order valence-corrected chi connectivity index (χ4v) is 2.23. The number of aromatic nitrogens is 2. The van der Waals surface area contributed by atoms with Crippen LogP contribution in [0.25, 0.3) is 0 Å². The zero-order valence-electron chi connectivity index (χ0n) is 12.8. The van der Waals surface area contributed by atoms with E-state index in [0.29, 0.717) is 12.1 Å². The molecule has 1 amide bonds. The van der Waals surface area contributed by atoms with Gasteiger partial charge in [0.05, 0.1) is 12.1 Å². The normalized spacial score (nSPS) is 12.0. The number of carbonyl (C=O) groups excluding carboxylic acids is 1. The number of carbonyl (C=O) groups is 1. The van der Waals surface area contributed by atoms with Crippen LogP contribution in [0.5, 0.6) is 0 Å². The molecule has 0 spiro atoms. The SMILES string of the molecule is CCNc1cc(C)ccc1C(=O)NC(C)Cn1cccn1. The van der Waals surface area contributed by atoms with Crippen LogP contribution in [0.15, 0.2) is 36.7 Å². The molecule has 0 aliphatic rings. The lowest BCUT2D eigenvalue weighted by molar-refractivity contribution is 0.0937. The molecule has 1 aromatic carbocycles. The van der Waals surface area contributed by atoms with Crippen molar-refractivity contribution in [1.29, 1.82) is 0 Å². The molecule has 5 nitrogen and oxygen atoms in total. The third kappa shape index (κ3) is 4.08. The molecule has 2 aromatic rings. The van der Waals surface area contributed by atoms with E-state index in [2.05, 4.69) is 15.7 Å². The van der Waals surface area contributed by atoms with E-state index in [1.54, 1.807) is 6.20 Å². The number of nitrogens with zero attached hydrogens (tertiary/aromatic N) is 2. The number of aryl methyl sites for hydroxylation is 1. The Morgan fingerprint density at radius 2 is 2.24 bits per heavy atom. The maximum Gasteiger partial charge on any atom is 0.253 e. The van der Waals surface area contributed by atoms with Crippen molar-refractivity contribution in [3.8, 4) is 0 Å². The minimum atomic E-state index is -0.0643. The Morgan fingerprint density at radius 1 is 1.43 bits per heavy atom. The summed E-state index contributed by atoms with van der Waals surface area (Å²) in [6.07, 6.45) is 3.62. The summed E-state index contributed by atoms with van der Waals surface area (Å²) in [5, 5.41) is 10.4. The van der Waals surface area contributed by atoms with E-state index >= 15 is 0 Å². The molecule has 0 fully saturated rings. The first-order valence-electron chi connectivity index (χ1n) is 7.23. The topological polar surface area (TPSA) is 59.0 Å². The lowest BCUT2D eigenvalue weighted by atomic mass is 10.1. The van der Waals surface area contributed by atoms with Crippen molar-refractivity contribution in [3.05, 3.63) is 47.8 Å². The van der Waals surface area contributed by atoms with E-state index < -0.39 is 0 Å². The smallest absolute Gasteiger partial charge is 0.253 e. The second-order valence-electron chi connectivity index (χ2n) is 5.18. The predicted molar refractivity (Wildman–Crippen MR) is 84.5 cm³/mol. The van der Waals surface area contributed by atoms with Crippen LogP contribution >= 0.6 is 0 Å². The summed E-state index contributed by atoms with van der Waals surface area (Å²) < 4.78 is 1.81. The van der Waals surface area contributed by atoms with Gasteiger partial charge in [0.15, 0.2) is 0 Å². The van der Waals surface area contributed by atoms with Crippen molar-refractivity contribution in [2.45, 2.75) is 33.4 Å². The minimum Gasteiger partial charge on any atom is -0.385 e. The molecule has 1 aromatic heterocycles. The average molecular weight is 286 g/mol. The molecule has 2 rings (SSSR count). The monoisotopic (exact) mass is 286 g/mol. The Hall–Kier alpha value is -2.30. The molecule has 5 heteroatoms. The van der Waals surface area contributed by atoms with Crippen LogP contribution in [0, 0.1) is 6.92 Å². The molecule has 21 heavy (non-hydrogen) atoms. The third-order valence-electron chi connectivity index (χ3n) is 3.18. The Kier molecular flexibility index (Phi) is 4.98.